The van der Waals surface area contributed by atoms with Gasteiger partial charge in [-0.3, -0.25) is 0 Å². The van der Waals surface area contributed by atoms with Crippen molar-refractivity contribution in [1.82, 2.24) is 54.8 Å². The summed E-state index contributed by atoms with van der Waals surface area (Å²) in [5, 5.41) is 3.29. The minimum atomic E-state index is 0.613. The quantitative estimate of drug-likeness (QED) is 0.115. The first kappa shape index (κ1) is 63.1. The molecule has 0 aliphatic heterocycles. The van der Waals surface area contributed by atoms with E-state index in [4.69, 9.17) is 54.8 Å². The lowest BCUT2D eigenvalue weighted by Gasteiger charge is -2.11. The van der Waals surface area contributed by atoms with Gasteiger partial charge in [-0.05, 0) is 110 Å². The van der Waals surface area contributed by atoms with E-state index in [2.05, 4.69) is 224 Å². The molecule has 0 saturated heterocycles. The summed E-state index contributed by atoms with van der Waals surface area (Å²) >= 11 is 3.33. The van der Waals surface area contributed by atoms with E-state index < -0.39 is 0 Å². The van der Waals surface area contributed by atoms with Crippen LogP contribution in [-0.4, -0.2) is 54.8 Å². The van der Waals surface area contributed by atoms with Crippen molar-refractivity contribution >= 4 is 85.5 Å². The van der Waals surface area contributed by atoms with Gasteiger partial charge in [0, 0.05) is 59.8 Å². The van der Waals surface area contributed by atoms with Gasteiger partial charge in [0.25, 0.3) is 0 Å². The molecule has 0 bridgehead atoms. The molecule has 11 nitrogen and oxygen atoms in total. The zero-order valence-corrected chi connectivity index (χ0v) is 58.3. The van der Waals surface area contributed by atoms with Crippen LogP contribution in [-0.2, 0) is 0 Å². The van der Waals surface area contributed by atoms with Crippen LogP contribution in [0.1, 0.15) is 0 Å². The number of para-hydroxylation sites is 3. The number of hydrogen-bond donors (Lipinski definition) is 0. The van der Waals surface area contributed by atoms with Gasteiger partial charge >= 0.3 is 0 Å². The molecule has 0 radical (unpaired) electrons. The Balaban J connectivity index is 0.000000145. The molecule has 7 aromatic heterocycles. The zero-order valence-electron chi connectivity index (χ0n) is 56.6. The lowest BCUT2D eigenvalue weighted by atomic mass is 9.97. The Morgan fingerprint density at radius 3 is 1.06 bits per heavy atom. The van der Waals surface area contributed by atoms with Gasteiger partial charge in [-0.15, -0.1) is 22.7 Å². The van der Waals surface area contributed by atoms with Gasteiger partial charge in [0.05, 0.1) is 32.5 Å². The summed E-state index contributed by atoms with van der Waals surface area (Å²) in [4.78, 5) is 56.2. The van der Waals surface area contributed by atoms with E-state index in [9.17, 15) is 0 Å². The van der Waals surface area contributed by atoms with Crippen molar-refractivity contribution in [3.63, 3.8) is 0 Å². The van der Waals surface area contributed by atoms with Crippen molar-refractivity contribution in [2.24, 2.45) is 0 Å². The predicted molar refractivity (Wildman–Crippen MR) is 435 cm³/mol. The maximum absolute atomic E-state index is 5.04. The molecular formula is C93H57N11S2. The molecule has 0 unspecified atom stereocenters. The van der Waals surface area contributed by atoms with Gasteiger partial charge in [-0.1, -0.05) is 285 Å². The Morgan fingerprint density at radius 2 is 0.547 bits per heavy atom. The number of aromatic nitrogens is 11. The zero-order chi connectivity index (χ0) is 70.3. The van der Waals surface area contributed by atoms with E-state index in [1.165, 1.54) is 15.8 Å². The number of fused-ring (bicyclic) bond motifs is 8. The van der Waals surface area contributed by atoms with Crippen LogP contribution in [0, 0.1) is 0 Å². The summed E-state index contributed by atoms with van der Waals surface area (Å²) in [5.41, 5.74) is 23.4. The summed E-state index contributed by atoms with van der Waals surface area (Å²) in [6.07, 6.45) is 1.66. The Kier molecular flexibility index (Phi) is 16.4. The van der Waals surface area contributed by atoms with Crippen LogP contribution < -0.4 is 0 Å². The van der Waals surface area contributed by atoms with Crippen molar-refractivity contribution in [2.75, 3.05) is 0 Å². The number of nitrogens with zero attached hydrogens (tertiary/aromatic N) is 11. The second-order valence-corrected chi connectivity index (χ2v) is 27.8. The van der Waals surface area contributed by atoms with Crippen LogP contribution in [0.5, 0.6) is 0 Å². The average Bonchev–Trinajstić information content (AvgIpc) is 1.60. The lowest BCUT2D eigenvalue weighted by molar-refractivity contribution is 1.07. The fourth-order valence-corrected chi connectivity index (χ4v) is 15.8. The van der Waals surface area contributed by atoms with Crippen molar-refractivity contribution in [1.29, 1.82) is 0 Å². The summed E-state index contributed by atoms with van der Waals surface area (Å²) in [5.74, 6) is 3.77. The number of thiophene rings is 2. The lowest BCUT2D eigenvalue weighted by Crippen LogP contribution is -2.00. The van der Waals surface area contributed by atoms with Gasteiger partial charge in [-0.25, -0.2) is 54.8 Å². The van der Waals surface area contributed by atoms with E-state index in [1.54, 1.807) is 29.0 Å². The molecule has 0 fully saturated rings. The predicted octanol–water partition coefficient (Wildman–Crippen LogP) is 23.8. The highest BCUT2D eigenvalue weighted by Gasteiger charge is 2.20. The smallest absolute Gasteiger partial charge is 0.164 e. The minimum Gasteiger partial charge on any atom is -0.243 e. The Hall–Kier alpha value is -13.9. The second kappa shape index (κ2) is 27.5. The SMILES string of the molecule is c1ccc(-c2ccc(-c3nc(-c4ccccc4)nc(-c4cccc(-c5cccc(-c6ccc7c(c6)sc6nc8ccccc8nc67)c5)c4)n3)cc2)cc1.c1ccc(-c2ccc(-c3nc(-c4ccccc4)nc(-c4cccc(-c5cccc(-c6ncnc7c6sc6nc8ccccc8cc67)c5)c4)n3)cc2)cc1. The number of benzene rings is 13. The van der Waals surface area contributed by atoms with Gasteiger partial charge in [-0.2, -0.15) is 0 Å². The van der Waals surface area contributed by atoms with Gasteiger partial charge in [0.15, 0.2) is 34.9 Å². The van der Waals surface area contributed by atoms with Crippen molar-refractivity contribution in [3.05, 3.63) is 346 Å². The molecule has 13 aromatic carbocycles. The standard InChI is InChI=1S/C47H29N5S.C46H28N6S/c1-3-11-30(12-4-1)31-21-23-33(24-22-31)45-50-44(32-13-5-2-6-14-32)51-46(52-45)38-18-10-17-36(28-38)34-15-9-16-35(27-34)37-25-26-39-42(29-37)53-47-43(39)48-40-19-7-8-20-41(40)49-47;1-3-11-29(12-4-1)30-21-23-32(24-22-30)44-50-43(31-13-5-2-6-14-31)51-45(52-44)37-19-10-17-34(26-37)33-16-9-18-36(25-33)40-42-41(48-28-47-40)38-27-35-15-7-8-20-39(35)49-46(38)53-42/h1-29H;1-28H. The fraction of sp³-hybridized carbons (Fsp3) is 0. The maximum Gasteiger partial charge on any atom is 0.164 e. The van der Waals surface area contributed by atoms with Crippen molar-refractivity contribution in [2.45, 2.75) is 0 Å². The maximum atomic E-state index is 5.04. The summed E-state index contributed by atoms with van der Waals surface area (Å²) in [6, 6.07) is 117. The number of hydrogen-bond acceptors (Lipinski definition) is 13. The minimum absolute atomic E-state index is 0.613. The third-order valence-electron chi connectivity index (χ3n) is 19.0. The molecular weight excluding hydrogens is 1340 g/mol. The van der Waals surface area contributed by atoms with Crippen LogP contribution >= 0.6 is 22.7 Å². The van der Waals surface area contributed by atoms with Gasteiger partial charge < -0.3 is 0 Å². The molecule has 0 saturated carbocycles. The Labute approximate surface area is 617 Å². The summed E-state index contributed by atoms with van der Waals surface area (Å²) in [7, 11) is 0. The molecule has 0 aliphatic rings. The molecule has 0 aliphatic carbocycles. The monoisotopic (exact) mass is 1390 g/mol. The van der Waals surface area contributed by atoms with Crippen LogP contribution in [0.25, 0.3) is 198 Å². The highest BCUT2D eigenvalue weighted by Crippen LogP contribution is 2.41. The molecule has 496 valence electrons. The number of pyridine rings is 1. The first-order chi connectivity index (χ1) is 52.4. The summed E-state index contributed by atoms with van der Waals surface area (Å²) < 4.78 is 2.20. The van der Waals surface area contributed by atoms with Crippen LogP contribution in [0.2, 0.25) is 0 Å². The number of rotatable bonds is 12. The van der Waals surface area contributed by atoms with Crippen molar-refractivity contribution in [3.8, 4) is 135 Å². The molecule has 7 heterocycles. The first-order valence-electron chi connectivity index (χ1n) is 34.8. The second-order valence-electron chi connectivity index (χ2n) is 25.8. The molecule has 20 rings (SSSR count). The Morgan fingerprint density at radius 1 is 0.198 bits per heavy atom. The fourth-order valence-electron chi connectivity index (χ4n) is 13.6. The molecule has 0 atom stereocenters. The molecule has 20 aromatic rings. The first-order valence-corrected chi connectivity index (χ1v) is 36.5. The largest absolute Gasteiger partial charge is 0.243 e. The normalized spacial score (nSPS) is 11.4. The highest BCUT2D eigenvalue weighted by molar-refractivity contribution is 7.26. The van der Waals surface area contributed by atoms with E-state index in [0.717, 1.165) is 147 Å². The molecule has 106 heavy (non-hydrogen) atoms. The highest BCUT2D eigenvalue weighted by atomic mass is 32.1. The third kappa shape index (κ3) is 12.5. The van der Waals surface area contributed by atoms with Crippen LogP contribution in [0.3, 0.4) is 0 Å². The van der Waals surface area contributed by atoms with Gasteiger partial charge in [0.1, 0.15) is 21.5 Å². The molecule has 0 N–H and O–H groups in total. The van der Waals surface area contributed by atoms with Crippen LogP contribution in [0.4, 0.5) is 0 Å². The van der Waals surface area contributed by atoms with E-state index in [-0.39, 0.29) is 0 Å². The van der Waals surface area contributed by atoms with E-state index >= 15 is 0 Å². The molecule has 0 spiro atoms. The van der Waals surface area contributed by atoms with Gasteiger partial charge in [0.2, 0.25) is 0 Å². The molecule has 0 amide bonds. The van der Waals surface area contributed by atoms with Crippen molar-refractivity contribution < 1.29 is 0 Å². The summed E-state index contributed by atoms with van der Waals surface area (Å²) in [6.45, 7) is 0. The van der Waals surface area contributed by atoms with E-state index in [1.807, 2.05) is 115 Å². The van der Waals surface area contributed by atoms with Crippen LogP contribution in [0.15, 0.2) is 346 Å². The van der Waals surface area contributed by atoms with E-state index in [0.29, 0.717) is 34.9 Å². The third-order valence-corrected chi connectivity index (χ3v) is 21.1. The molecule has 13 heteroatoms. The average molecular weight is 1390 g/mol. The Bertz CT molecular complexity index is 6690. The topological polar surface area (TPSA) is 142 Å².